The molecule has 0 fully saturated rings. The minimum atomic E-state index is -0.941. The maximum Gasteiger partial charge on any atom is 0.129 e. The Kier molecular flexibility index (Phi) is 2.78. The Balaban J connectivity index is 2.52. The zero-order valence-corrected chi connectivity index (χ0v) is 9.20. The Hall–Kier alpha value is -0.900. The molecule has 0 amide bonds. The first kappa shape index (κ1) is 10.6. The first-order chi connectivity index (χ1) is 7.15. The number of hydrogen-bond donors (Lipinski definition) is 1. The van der Waals surface area contributed by atoms with E-state index in [0.717, 1.165) is 18.5 Å². The van der Waals surface area contributed by atoms with Gasteiger partial charge in [0.25, 0.3) is 0 Å². The first-order valence-electron chi connectivity index (χ1n) is 5.50. The van der Waals surface area contributed by atoms with Crippen LogP contribution in [0.3, 0.4) is 0 Å². The molecule has 0 spiro atoms. The molecule has 0 aromatic carbocycles. The average Bonchev–Trinajstić information content (AvgIpc) is 2.58. The van der Waals surface area contributed by atoms with Gasteiger partial charge in [0.15, 0.2) is 0 Å². The van der Waals surface area contributed by atoms with Crippen LogP contribution in [0.5, 0.6) is 0 Å². The van der Waals surface area contributed by atoms with Crippen LogP contribution < -0.4 is 0 Å². The molecule has 0 bridgehead atoms. The van der Waals surface area contributed by atoms with E-state index in [1.165, 1.54) is 0 Å². The van der Waals surface area contributed by atoms with Crippen LogP contribution in [0.15, 0.2) is 0 Å². The van der Waals surface area contributed by atoms with Crippen LogP contribution in [-0.4, -0.2) is 14.9 Å². The maximum absolute atomic E-state index is 13.7. The van der Waals surface area contributed by atoms with Crippen molar-refractivity contribution >= 4 is 0 Å². The van der Waals surface area contributed by atoms with Gasteiger partial charge in [-0.15, -0.1) is 0 Å². The topological polar surface area (TPSA) is 38.0 Å². The summed E-state index contributed by atoms with van der Waals surface area (Å²) in [6, 6.07) is 0.226. The van der Waals surface area contributed by atoms with Crippen LogP contribution in [0.25, 0.3) is 0 Å². The smallest absolute Gasteiger partial charge is 0.129 e. The molecule has 0 aliphatic heterocycles. The van der Waals surface area contributed by atoms with Crippen molar-refractivity contribution in [2.75, 3.05) is 0 Å². The first-order valence-corrected chi connectivity index (χ1v) is 5.50. The van der Waals surface area contributed by atoms with Gasteiger partial charge in [-0.2, -0.15) is 5.10 Å². The lowest BCUT2D eigenvalue weighted by Crippen LogP contribution is -2.12. The third-order valence-electron chi connectivity index (χ3n) is 2.95. The summed E-state index contributed by atoms with van der Waals surface area (Å²) in [4.78, 5) is 0. The molecule has 1 aromatic rings. The molecular weight excluding hydrogens is 195 g/mol. The zero-order chi connectivity index (χ0) is 11.0. The van der Waals surface area contributed by atoms with E-state index in [1.54, 1.807) is 0 Å². The molecule has 2 rings (SSSR count). The fourth-order valence-corrected chi connectivity index (χ4v) is 2.28. The second-order valence-corrected chi connectivity index (χ2v) is 4.36. The summed E-state index contributed by atoms with van der Waals surface area (Å²) in [6.45, 7) is 3.88. The Bertz CT molecular complexity index is 360. The molecule has 1 heterocycles. The van der Waals surface area contributed by atoms with Crippen LogP contribution in [0.4, 0.5) is 4.39 Å². The highest BCUT2D eigenvalue weighted by Crippen LogP contribution is 2.36. The van der Waals surface area contributed by atoms with Crippen LogP contribution in [0, 0.1) is 0 Å². The molecule has 84 valence electrons. The van der Waals surface area contributed by atoms with Crippen molar-refractivity contribution in [1.82, 2.24) is 9.78 Å². The number of aliphatic hydroxyl groups excluding tert-OH is 1. The molecule has 0 saturated carbocycles. The summed E-state index contributed by atoms with van der Waals surface area (Å²) in [6.07, 6.45) is 1.37. The Morgan fingerprint density at radius 2 is 2.33 bits per heavy atom. The van der Waals surface area contributed by atoms with E-state index in [4.69, 9.17) is 5.11 Å². The normalized spacial score (nSPS) is 20.7. The lowest BCUT2D eigenvalue weighted by atomic mass is 9.94. The van der Waals surface area contributed by atoms with Gasteiger partial charge in [0, 0.05) is 17.3 Å². The molecule has 1 aliphatic rings. The van der Waals surface area contributed by atoms with Crippen molar-refractivity contribution in [3.63, 3.8) is 0 Å². The van der Waals surface area contributed by atoms with Crippen molar-refractivity contribution < 1.29 is 9.50 Å². The van der Waals surface area contributed by atoms with Gasteiger partial charge < -0.3 is 5.11 Å². The molecule has 1 N–H and O–H groups in total. The summed E-state index contributed by atoms with van der Waals surface area (Å²) < 4.78 is 15.6. The van der Waals surface area contributed by atoms with Gasteiger partial charge in [-0.25, -0.2) is 4.39 Å². The number of rotatable bonds is 2. The van der Waals surface area contributed by atoms with Gasteiger partial charge in [0.05, 0.1) is 12.3 Å². The monoisotopic (exact) mass is 212 g/mol. The van der Waals surface area contributed by atoms with Gasteiger partial charge in [-0.05, 0) is 33.1 Å². The molecule has 0 radical (unpaired) electrons. The quantitative estimate of drug-likeness (QED) is 0.816. The number of aromatic nitrogens is 2. The largest absolute Gasteiger partial charge is 0.390 e. The summed E-state index contributed by atoms with van der Waals surface area (Å²) >= 11 is 0. The number of hydrogen-bond acceptors (Lipinski definition) is 2. The third-order valence-corrected chi connectivity index (χ3v) is 2.95. The van der Waals surface area contributed by atoms with E-state index >= 15 is 0 Å². The van der Waals surface area contributed by atoms with E-state index in [2.05, 4.69) is 5.10 Å². The molecule has 15 heavy (non-hydrogen) atoms. The lowest BCUT2D eigenvalue weighted by molar-refractivity contribution is 0.261. The Morgan fingerprint density at radius 3 is 2.93 bits per heavy atom. The highest BCUT2D eigenvalue weighted by Gasteiger charge is 2.28. The van der Waals surface area contributed by atoms with E-state index in [9.17, 15) is 4.39 Å². The predicted octanol–water partition coefficient (Wildman–Crippen LogP) is 2.30. The molecule has 1 unspecified atom stereocenters. The van der Waals surface area contributed by atoms with Gasteiger partial charge in [-0.3, -0.25) is 4.68 Å². The van der Waals surface area contributed by atoms with Gasteiger partial charge in [-0.1, -0.05) is 0 Å². The molecule has 3 nitrogen and oxygen atoms in total. The highest BCUT2D eigenvalue weighted by atomic mass is 19.1. The highest BCUT2D eigenvalue weighted by molar-refractivity contribution is 5.31. The van der Waals surface area contributed by atoms with Gasteiger partial charge >= 0.3 is 0 Å². The fourth-order valence-electron chi connectivity index (χ4n) is 2.28. The molecular formula is C11H17FN2O. The predicted molar refractivity (Wildman–Crippen MR) is 55.3 cm³/mol. The minimum Gasteiger partial charge on any atom is -0.390 e. The Morgan fingerprint density at radius 1 is 1.60 bits per heavy atom. The molecule has 1 aliphatic carbocycles. The van der Waals surface area contributed by atoms with E-state index < -0.39 is 6.17 Å². The number of fused-ring (bicyclic) bond motifs is 1. The van der Waals surface area contributed by atoms with Gasteiger partial charge in [0.2, 0.25) is 0 Å². The van der Waals surface area contributed by atoms with Crippen molar-refractivity contribution in [2.45, 2.75) is 51.9 Å². The minimum absolute atomic E-state index is 0.164. The Labute approximate surface area is 88.9 Å². The lowest BCUT2D eigenvalue weighted by Gasteiger charge is -2.19. The van der Waals surface area contributed by atoms with E-state index in [0.29, 0.717) is 17.7 Å². The number of alkyl halides is 1. The summed E-state index contributed by atoms with van der Waals surface area (Å²) in [5.41, 5.74) is 2.15. The second-order valence-electron chi connectivity index (χ2n) is 4.36. The molecule has 1 aromatic heterocycles. The third kappa shape index (κ3) is 1.67. The zero-order valence-electron chi connectivity index (χ0n) is 9.20. The SMILES string of the molecule is CC(C)n1nc(CO)c2c1CCCC2F. The fraction of sp³-hybridized carbons (Fsp3) is 0.727. The van der Waals surface area contributed by atoms with Gasteiger partial charge in [0.1, 0.15) is 6.17 Å². The number of halogens is 1. The van der Waals surface area contributed by atoms with Crippen LogP contribution >= 0.6 is 0 Å². The molecule has 0 saturated heterocycles. The van der Waals surface area contributed by atoms with Crippen molar-refractivity contribution in [3.05, 3.63) is 17.0 Å². The number of aliphatic hydroxyl groups is 1. The standard InChI is InChI=1S/C11H17FN2O/c1-7(2)14-10-5-3-4-8(12)11(10)9(6-15)13-14/h7-8,15H,3-6H2,1-2H3. The summed E-state index contributed by atoms with van der Waals surface area (Å²) in [7, 11) is 0. The van der Waals surface area contributed by atoms with Crippen molar-refractivity contribution in [3.8, 4) is 0 Å². The van der Waals surface area contributed by atoms with E-state index in [-0.39, 0.29) is 12.6 Å². The molecule has 1 atom stereocenters. The van der Waals surface area contributed by atoms with E-state index in [1.807, 2.05) is 18.5 Å². The van der Waals surface area contributed by atoms with Crippen molar-refractivity contribution in [1.29, 1.82) is 0 Å². The summed E-state index contributed by atoms with van der Waals surface area (Å²) in [5.74, 6) is 0. The second kappa shape index (κ2) is 3.93. The number of nitrogens with zero attached hydrogens (tertiary/aromatic N) is 2. The van der Waals surface area contributed by atoms with Crippen molar-refractivity contribution in [2.24, 2.45) is 0 Å². The van der Waals surface area contributed by atoms with Crippen LogP contribution in [0.1, 0.15) is 55.9 Å². The maximum atomic E-state index is 13.7. The average molecular weight is 212 g/mol. The molecule has 4 heteroatoms. The van der Waals surface area contributed by atoms with Crippen LogP contribution in [0.2, 0.25) is 0 Å². The van der Waals surface area contributed by atoms with Crippen LogP contribution in [-0.2, 0) is 13.0 Å². The summed E-state index contributed by atoms with van der Waals surface area (Å²) in [5, 5.41) is 13.5.